The number of furan rings is 1. The first-order valence-electron chi connectivity index (χ1n) is 9.84. The van der Waals surface area contributed by atoms with Gasteiger partial charge >= 0.3 is 0 Å². The van der Waals surface area contributed by atoms with Gasteiger partial charge in [0.1, 0.15) is 11.5 Å². The minimum absolute atomic E-state index is 0.118. The molecule has 0 saturated heterocycles. The van der Waals surface area contributed by atoms with E-state index in [0.717, 1.165) is 16.7 Å². The minimum atomic E-state index is -0.391. The molecule has 0 radical (unpaired) electrons. The van der Waals surface area contributed by atoms with Crippen molar-refractivity contribution in [3.8, 4) is 0 Å². The van der Waals surface area contributed by atoms with Gasteiger partial charge in [0.25, 0.3) is 11.8 Å². The number of carbonyl (C=O) groups excluding carboxylic acids is 2. The average Bonchev–Trinajstić information content (AvgIpc) is 3.22. The standard InChI is InChI=1S/C25H26N2O3/c1-16-7-5-8-21(13-16)24(28)27-23(15-22-9-6-12-30-22)25(29)26-19(4)20-11-10-17(2)18(3)14-20/h5-15,19H,1-4H3,(H,26,29)(H,27,28)/b23-15-. The molecular weight excluding hydrogens is 376 g/mol. The van der Waals surface area contributed by atoms with Crippen LogP contribution in [-0.4, -0.2) is 11.8 Å². The van der Waals surface area contributed by atoms with E-state index in [0.29, 0.717) is 11.3 Å². The lowest BCUT2D eigenvalue weighted by atomic mass is 10.0. The fraction of sp³-hybridized carbons (Fsp3) is 0.200. The number of hydrogen-bond donors (Lipinski definition) is 2. The second-order valence-electron chi connectivity index (χ2n) is 7.44. The second-order valence-corrected chi connectivity index (χ2v) is 7.44. The van der Waals surface area contributed by atoms with Gasteiger partial charge in [-0.25, -0.2) is 0 Å². The number of amides is 2. The van der Waals surface area contributed by atoms with Crippen LogP contribution in [0.3, 0.4) is 0 Å². The van der Waals surface area contributed by atoms with Gasteiger partial charge in [0.15, 0.2) is 0 Å². The summed E-state index contributed by atoms with van der Waals surface area (Å²) in [6.45, 7) is 7.91. The van der Waals surface area contributed by atoms with E-state index in [4.69, 9.17) is 4.42 Å². The normalized spacial score (nSPS) is 12.3. The third-order valence-corrected chi connectivity index (χ3v) is 4.98. The maximum Gasteiger partial charge on any atom is 0.268 e. The van der Waals surface area contributed by atoms with Crippen LogP contribution in [-0.2, 0) is 4.79 Å². The van der Waals surface area contributed by atoms with E-state index in [1.165, 1.54) is 17.9 Å². The fourth-order valence-corrected chi connectivity index (χ4v) is 3.05. The number of rotatable bonds is 6. The Morgan fingerprint density at radius 3 is 2.43 bits per heavy atom. The van der Waals surface area contributed by atoms with Gasteiger partial charge in [-0.05, 0) is 68.7 Å². The first-order valence-corrected chi connectivity index (χ1v) is 9.84. The summed E-state index contributed by atoms with van der Waals surface area (Å²) in [5, 5.41) is 5.69. The number of benzene rings is 2. The van der Waals surface area contributed by atoms with Crippen molar-refractivity contribution in [3.05, 3.63) is 100 Å². The summed E-state index contributed by atoms with van der Waals surface area (Å²) >= 11 is 0. The summed E-state index contributed by atoms with van der Waals surface area (Å²) in [6, 6.07) is 16.5. The summed E-state index contributed by atoms with van der Waals surface area (Å²) in [4.78, 5) is 25.7. The highest BCUT2D eigenvalue weighted by atomic mass is 16.3. The quantitative estimate of drug-likeness (QED) is 0.579. The summed E-state index contributed by atoms with van der Waals surface area (Å²) in [5.74, 6) is -0.271. The summed E-state index contributed by atoms with van der Waals surface area (Å²) < 4.78 is 5.33. The van der Waals surface area contributed by atoms with Gasteiger partial charge in [0.2, 0.25) is 0 Å². The van der Waals surface area contributed by atoms with Crippen molar-refractivity contribution in [1.29, 1.82) is 0 Å². The van der Waals surface area contributed by atoms with E-state index in [2.05, 4.69) is 16.7 Å². The molecule has 3 rings (SSSR count). The molecule has 2 aromatic carbocycles. The van der Waals surface area contributed by atoms with E-state index < -0.39 is 5.91 Å². The lowest BCUT2D eigenvalue weighted by Gasteiger charge is -2.17. The molecule has 0 spiro atoms. The van der Waals surface area contributed by atoms with Gasteiger partial charge < -0.3 is 15.1 Å². The zero-order valence-corrected chi connectivity index (χ0v) is 17.7. The number of nitrogens with one attached hydrogen (secondary N) is 2. The van der Waals surface area contributed by atoms with Crippen LogP contribution in [0.15, 0.2) is 71.0 Å². The molecule has 0 bridgehead atoms. The van der Waals surface area contributed by atoms with E-state index in [1.54, 1.807) is 24.3 Å². The minimum Gasteiger partial charge on any atom is -0.465 e. The SMILES string of the molecule is Cc1cccc(C(=O)N/C(=C\c2ccco2)C(=O)NC(C)c2ccc(C)c(C)c2)c1. The Kier molecular flexibility index (Phi) is 6.52. The van der Waals surface area contributed by atoms with Crippen molar-refractivity contribution in [2.45, 2.75) is 33.7 Å². The molecule has 2 N–H and O–H groups in total. The van der Waals surface area contributed by atoms with Crippen LogP contribution in [0, 0.1) is 20.8 Å². The fourth-order valence-electron chi connectivity index (χ4n) is 3.05. The van der Waals surface area contributed by atoms with Crippen molar-refractivity contribution in [2.24, 2.45) is 0 Å². The smallest absolute Gasteiger partial charge is 0.268 e. The molecule has 1 atom stereocenters. The monoisotopic (exact) mass is 402 g/mol. The summed E-state index contributed by atoms with van der Waals surface area (Å²) in [7, 11) is 0. The van der Waals surface area contributed by atoms with Crippen molar-refractivity contribution >= 4 is 17.9 Å². The highest BCUT2D eigenvalue weighted by Gasteiger charge is 2.18. The molecule has 1 heterocycles. The molecule has 30 heavy (non-hydrogen) atoms. The molecule has 1 unspecified atom stereocenters. The molecule has 154 valence electrons. The van der Waals surface area contributed by atoms with Crippen LogP contribution in [0.1, 0.15) is 51.3 Å². The Morgan fingerprint density at radius 2 is 1.77 bits per heavy atom. The van der Waals surface area contributed by atoms with E-state index in [1.807, 2.05) is 52.0 Å². The number of carbonyl (C=O) groups is 2. The van der Waals surface area contributed by atoms with Gasteiger partial charge in [0, 0.05) is 11.6 Å². The molecule has 0 aliphatic carbocycles. The van der Waals surface area contributed by atoms with E-state index >= 15 is 0 Å². The molecule has 5 nitrogen and oxygen atoms in total. The van der Waals surface area contributed by atoms with E-state index in [9.17, 15) is 9.59 Å². The third-order valence-electron chi connectivity index (χ3n) is 4.98. The van der Waals surface area contributed by atoms with Crippen LogP contribution in [0.25, 0.3) is 6.08 Å². The maximum absolute atomic E-state index is 13.0. The van der Waals surface area contributed by atoms with Gasteiger partial charge in [-0.3, -0.25) is 9.59 Å². The largest absolute Gasteiger partial charge is 0.465 e. The van der Waals surface area contributed by atoms with Crippen LogP contribution in [0.4, 0.5) is 0 Å². The predicted octanol–water partition coefficient (Wildman–Crippen LogP) is 4.85. The van der Waals surface area contributed by atoms with Crippen LogP contribution in [0.5, 0.6) is 0 Å². The molecule has 1 aromatic heterocycles. The highest BCUT2D eigenvalue weighted by molar-refractivity contribution is 6.05. The third kappa shape index (κ3) is 5.26. The average molecular weight is 402 g/mol. The predicted molar refractivity (Wildman–Crippen MR) is 118 cm³/mol. The first-order chi connectivity index (χ1) is 14.3. The maximum atomic E-state index is 13.0. The molecule has 3 aromatic rings. The summed E-state index contributed by atoms with van der Waals surface area (Å²) in [5.41, 5.74) is 4.91. The topological polar surface area (TPSA) is 71.3 Å². The van der Waals surface area contributed by atoms with Crippen molar-refractivity contribution in [3.63, 3.8) is 0 Å². The highest BCUT2D eigenvalue weighted by Crippen LogP contribution is 2.18. The molecule has 2 amide bonds. The Morgan fingerprint density at radius 1 is 0.967 bits per heavy atom. The lowest BCUT2D eigenvalue weighted by molar-refractivity contribution is -0.118. The molecule has 0 saturated carbocycles. The zero-order valence-electron chi connectivity index (χ0n) is 17.7. The molecular formula is C25H26N2O3. The Labute approximate surface area is 176 Å². The Bertz CT molecular complexity index is 1080. The molecule has 5 heteroatoms. The van der Waals surface area contributed by atoms with Gasteiger partial charge in [0.05, 0.1) is 12.3 Å². The Balaban J connectivity index is 1.82. The lowest BCUT2D eigenvalue weighted by Crippen LogP contribution is -2.36. The first kappa shape index (κ1) is 21.1. The van der Waals surface area contributed by atoms with Crippen molar-refractivity contribution in [2.75, 3.05) is 0 Å². The van der Waals surface area contributed by atoms with Crippen molar-refractivity contribution < 1.29 is 14.0 Å². The molecule has 0 aliphatic heterocycles. The Hall–Kier alpha value is -3.60. The van der Waals surface area contributed by atoms with E-state index in [-0.39, 0.29) is 17.6 Å². The van der Waals surface area contributed by atoms with Gasteiger partial charge in [-0.1, -0.05) is 35.9 Å². The second kappa shape index (κ2) is 9.27. The number of hydrogen-bond acceptors (Lipinski definition) is 3. The molecule has 0 fully saturated rings. The zero-order chi connectivity index (χ0) is 21.7. The van der Waals surface area contributed by atoms with Crippen LogP contribution < -0.4 is 10.6 Å². The molecule has 0 aliphatic rings. The summed E-state index contributed by atoms with van der Waals surface area (Å²) in [6.07, 6.45) is 3.04. The van der Waals surface area contributed by atoms with Crippen LogP contribution in [0.2, 0.25) is 0 Å². The van der Waals surface area contributed by atoms with Crippen molar-refractivity contribution in [1.82, 2.24) is 10.6 Å². The van der Waals surface area contributed by atoms with Gasteiger partial charge in [-0.15, -0.1) is 0 Å². The number of aryl methyl sites for hydroxylation is 3. The van der Waals surface area contributed by atoms with Crippen LogP contribution >= 0.6 is 0 Å². The van der Waals surface area contributed by atoms with Gasteiger partial charge in [-0.2, -0.15) is 0 Å².